The summed E-state index contributed by atoms with van der Waals surface area (Å²) in [4.78, 5) is 15.0. The Hall–Kier alpha value is -2.67. The Labute approximate surface area is 183 Å². The molecule has 0 atom stereocenters. The predicted molar refractivity (Wildman–Crippen MR) is 123 cm³/mol. The first-order chi connectivity index (χ1) is 14.3. The van der Waals surface area contributed by atoms with Crippen LogP contribution in [0.25, 0.3) is 16.9 Å². The van der Waals surface area contributed by atoms with E-state index in [1.807, 2.05) is 53.2 Å². The van der Waals surface area contributed by atoms with Crippen molar-refractivity contribution in [1.82, 2.24) is 25.3 Å². The van der Waals surface area contributed by atoms with Crippen LogP contribution < -0.4 is 10.6 Å². The van der Waals surface area contributed by atoms with Crippen LogP contribution in [0.3, 0.4) is 0 Å². The van der Waals surface area contributed by atoms with Crippen molar-refractivity contribution in [2.75, 3.05) is 39.3 Å². The molecular weight excluding hydrogens is 398 g/mol. The van der Waals surface area contributed by atoms with Crippen molar-refractivity contribution in [2.24, 2.45) is 0 Å². The van der Waals surface area contributed by atoms with Gasteiger partial charge in [-0.05, 0) is 37.2 Å². The summed E-state index contributed by atoms with van der Waals surface area (Å²) in [6.07, 6.45) is 2.74. The summed E-state index contributed by atoms with van der Waals surface area (Å²) in [5.74, 6) is -0.0411. The van der Waals surface area contributed by atoms with E-state index in [0.29, 0.717) is 12.1 Å². The molecule has 6 nitrogen and oxygen atoms in total. The first-order valence-corrected chi connectivity index (χ1v) is 10.2. The summed E-state index contributed by atoms with van der Waals surface area (Å²) in [6.45, 7) is 5.99. The maximum Gasteiger partial charge on any atom is 0.251 e. The normalized spacial score (nSPS) is 14.1. The first kappa shape index (κ1) is 22.0. The Balaban J connectivity index is 0.00000256. The van der Waals surface area contributed by atoms with Crippen LogP contribution in [-0.4, -0.2) is 59.9 Å². The van der Waals surface area contributed by atoms with E-state index in [1.165, 1.54) is 0 Å². The summed E-state index contributed by atoms with van der Waals surface area (Å²) in [5.41, 5.74) is 3.62. The molecule has 0 spiro atoms. The van der Waals surface area contributed by atoms with E-state index in [0.717, 1.165) is 56.1 Å². The molecule has 0 radical (unpaired) electrons. The van der Waals surface area contributed by atoms with Crippen LogP contribution in [0.1, 0.15) is 16.8 Å². The molecule has 4 rings (SSSR count). The van der Waals surface area contributed by atoms with Gasteiger partial charge in [-0.3, -0.25) is 4.79 Å². The van der Waals surface area contributed by atoms with Gasteiger partial charge in [-0.15, -0.1) is 12.4 Å². The van der Waals surface area contributed by atoms with Gasteiger partial charge in [-0.25, -0.2) is 4.68 Å². The van der Waals surface area contributed by atoms with E-state index in [4.69, 9.17) is 0 Å². The van der Waals surface area contributed by atoms with Crippen LogP contribution >= 0.6 is 12.4 Å². The average Bonchev–Trinajstić information content (AvgIpc) is 3.28. The number of piperazine rings is 1. The number of hydrogen-bond acceptors (Lipinski definition) is 4. The third-order valence-corrected chi connectivity index (χ3v) is 5.21. The maximum absolute atomic E-state index is 12.6. The second-order valence-corrected chi connectivity index (χ2v) is 7.25. The fourth-order valence-electron chi connectivity index (χ4n) is 3.66. The van der Waals surface area contributed by atoms with Gasteiger partial charge in [0.25, 0.3) is 5.91 Å². The van der Waals surface area contributed by atoms with Gasteiger partial charge in [0.15, 0.2) is 0 Å². The molecule has 0 saturated carbocycles. The molecule has 0 unspecified atom stereocenters. The molecule has 1 aliphatic heterocycles. The molecule has 1 saturated heterocycles. The lowest BCUT2D eigenvalue weighted by Gasteiger charge is -2.27. The second kappa shape index (κ2) is 10.9. The molecule has 2 aromatic carbocycles. The summed E-state index contributed by atoms with van der Waals surface area (Å²) < 4.78 is 1.87. The predicted octanol–water partition coefficient (Wildman–Crippen LogP) is 2.99. The summed E-state index contributed by atoms with van der Waals surface area (Å²) in [7, 11) is 0. The van der Waals surface area contributed by atoms with Gasteiger partial charge in [-0.1, -0.05) is 36.4 Å². The molecule has 1 aliphatic rings. The van der Waals surface area contributed by atoms with Crippen molar-refractivity contribution in [2.45, 2.75) is 6.42 Å². The van der Waals surface area contributed by atoms with Crippen molar-refractivity contribution in [3.8, 4) is 16.9 Å². The summed E-state index contributed by atoms with van der Waals surface area (Å²) in [6, 6.07) is 19.7. The van der Waals surface area contributed by atoms with Crippen molar-refractivity contribution in [1.29, 1.82) is 0 Å². The van der Waals surface area contributed by atoms with Crippen LogP contribution in [0.2, 0.25) is 0 Å². The molecule has 0 aliphatic carbocycles. The number of aromatic nitrogens is 2. The van der Waals surface area contributed by atoms with Gasteiger partial charge in [0.05, 0.1) is 17.6 Å². The molecule has 30 heavy (non-hydrogen) atoms. The zero-order valence-electron chi connectivity index (χ0n) is 17.0. The van der Waals surface area contributed by atoms with Crippen LogP contribution in [-0.2, 0) is 0 Å². The quantitative estimate of drug-likeness (QED) is 0.571. The first-order valence-electron chi connectivity index (χ1n) is 10.2. The lowest BCUT2D eigenvalue weighted by atomic mass is 10.1. The van der Waals surface area contributed by atoms with E-state index < -0.39 is 0 Å². The molecule has 0 bridgehead atoms. The van der Waals surface area contributed by atoms with Crippen LogP contribution in [0.5, 0.6) is 0 Å². The minimum atomic E-state index is -0.0411. The minimum Gasteiger partial charge on any atom is -0.352 e. The zero-order valence-corrected chi connectivity index (χ0v) is 17.8. The fourth-order valence-corrected chi connectivity index (χ4v) is 3.66. The number of amides is 1. The topological polar surface area (TPSA) is 62.2 Å². The second-order valence-electron chi connectivity index (χ2n) is 7.25. The molecule has 1 fully saturated rings. The van der Waals surface area contributed by atoms with Gasteiger partial charge < -0.3 is 15.5 Å². The molecule has 1 amide bonds. The van der Waals surface area contributed by atoms with Gasteiger partial charge in [-0.2, -0.15) is 5.10 Å². The van der Waals surface area contributed by atoms with E-state index in [1.54, 1.807) is 6.20 Å². The highest BCUT2D eigenvalue weighted by molar-refractivity contribution is 5.94. The van der Waals surface area contributed by atoms with Crippen LogP contribution in [0, 0.1) is 0 Å². The highest BCUT2D eigenvalue weighted by atomic mass is 35.5. The molecule has 2 heterocycles. The minimum absolute atomic E-state index is 0. The van der Waals surface area contributed by atoms with Crippen LogP contribution in [0.15, 0.2) is 66.9 Å². The van der Waals surface area contributed by atoms with E-state index >= 15 is 0 Å². The SMILES string of the molecule is Cl.O=C(NCCCN1CCNCC1)c1cccc(-n2nccc2-c2ccccc2)c1. The lowest BCUT2D eigenvalue weighted by Crippen LogP contribution is -2.44. The molecular formula is C23H28ClN5O. The largest absolute Gasteiger partial charge is 0.352 e. The smallest absolute Gasteiger partial charge is 0.251 e. The molecule has 158 valence electrons. The van der Waals surface area contributed by atoms with Gasteiger partial charge >= 0.3 is 0 Å². The van der Waals surface area contributed by atoms with Gasteiger partial charge in [0.1, 0.15) is 0 Å². The number of benzene rings is 2. The number of nitrogens with one attached hydrogen (secondary N) is 2. The number of hydrogen-bond donors (Lipinski definition) is 2. The summed E-state index contributed by atoms with van der Waals surface area (Å²) in [5, 5.41) is 10.9. The molecule has 2 N–H and O–H groups in total. The van der Waals surface area contributed by atoms with E-state index in [9.17, 15) is 4.79 Å². The standard InChI is InChI=1S/C23H27N5O.ClH/c29-23(25-11-5-15-27-16-13-24-14-17-27)20-8-4-9-21(18-20)28-22(10-12-26-28)19-6-2-1-3-7-19;/h1-4,6-10,12,18,24H,5,11,13-17H2,(H,25,29);1H. The monoisotopic (exact) mass is 425 g/mol. The van der Waals surface area contributed by atoms with Crippen molar-refractivity contribution in [3.05, 3.63) is 72.4 Å². The van der Waals surface area contributed by atoms with Gasteiger partial charge in [0.2, 0.25) is 0 Å². The van der Waals surface area contributed by atoms with E-state index in [2.05, 4.69) is 32.8 Å². The molecule has 7 heteroatoms. The third-order valence-electron chi connectivity index (χ3n) is 5.21. The Kier molecular flexibility index (Phi) is 8.02. The molecule has 1 aromatic heterocycles. The van der Waals surface area contributed by atoms with Crippen molar-refractivity contribution in [3.63, 3.8) is 0 Å². The average molecular weight is 426 g/mol. The summed E-state index contributed by atoms with van der Waals surface area (Å²) >= 11 is 0. The third kappa shape index (κ3) is 5.48. The fraction of sp³-hybridized carbons (Fsp3) is 0.304. The van der Waals surface area contributed by atoms with Crippen molar-refractivity contribution < 1.29 is 4.79 Å². The maximum atomic E-state index is 12.6. The Bertz CT molecular complexity index is 938. The van der Waals surface area contributed by atoms with E-state index in [-0.39, 0.29) is 18.3 Å². The number of carbonyl (C=O) groups is 1. The highest BCUT2D eigenvalue weighted by Gasteiger charge is 2.12. The number of nitrogens with zero attached hydrogens (tertiary/aromatic N) is 3. The van der Waals surface area contributed by atoms with Crippen LogP contribution in [0.4, 0.5) is 0 Å². The highest BCUT2D eigenvalue weighted by Crippen LogP contribution is 2.22. The Morgan fingerprint density at radius 1 is 1.03 bits per heavy atom. The Morgan fingerprint density at radius 3 is 2.63 bits per heavy atom. The van der Waals surface area contributed by atoms with Gasteiger partial charge in [0, 0.05) is 43.9 Å². The number of halogens is 1. The lowest BCUT2D eigenvalue weighted by molar-refractivity contribution is 0.0951. The number of rotatable bonds is 7. The zero-order chi connectivity index (χ0) is 19.9. The Morgan fingerprint density at radius 2 is 1.83 bits per heavy atom. The molecule has 3 aromatic rings. The number of carbonyl (C=O) groups excluding carboxylic acids is 1. The van der Waals surface area contributed by atoms with Crippen molar-refractivity contribution >= 4 is 18.3 Å².